The van der Waals surface area contributed by atoms with Crippen LogP contribution in [0.2, 0.25) is 0 Å². The molecule has 5 aromatic heterocycles. The molecule has 0 radical (unpaired) electrons. The van der Waals surface area contributed by atoms with Gasteiger partial charge in [-0.3, -0.25) is 0 Å². The number of benzene rings is 9. The number of thiophene rings is 2. The van der Waals surface area contributed by atoms with Gasteiger partial charge in [-0.05, 0) is 73.5 Å². The first-order valence-corrected chi connectivity index (χ1v) is 23.9. The van der Waals surface area contributed by atoms with Gasteiger partial charge < -0.3 is 9.13 Å². The molecule has 0 saturated heterocycles. The van der Waals surface area contributed by atoms with Gasteiger partial charge in [-0.15, -0.1) is 22.7 Å². The molecule has 14 rings (SSSR count). The standard InChI is InChI=1S/C59H37N5S2/c1-34-32-43-41-24-10-16-30-49(41)65-55(43)53(63-45-26-12-6-20-37(45)38-21-7-13-27-46(38)63)51(34)58-60-57(36-18-4-3-5-19-36)61-59(62-58)52-35(2)33-44-42-25-11-17-31-50(42)66-56(44)54(52)64-47-28-14-8-22-39(47)40-23-9-15-29-48(40)64/h3-33H,1-2H3. The van der Waals surface area contributed by atoms with Gasteiger partial charge in [0.25, 0.3) is 0 Å². The minimum absolute atomic E-state index is 0.628. The molecule has 0 amide bonds. The maximum Gasteiger partial charge on any atom is 0.166 e. The van der Waals surface area contributed by atoms with E-state index in [2.05, 4.69) is 205 Å². The highest BCUT2D eigenvalue weighted by atomic mass is 32.1. The van der Waals surface area contributed by atoms with Crippen molar-refractivity contribution in [2.75, 3.05) is 0 Å². The van der Waals surface area contributed by atoms with E-state index < -0.39 is 0 Å². The van der Waals surface area contributed by atoms with E-state index in [0.717, 1.165) is 61.3 Å². The summed E-state index contributed by atoms with van der Waals surface area (Å²) in [5, 5.41) is 9.78. The number of hydrogen-bond acceptors (Lipinski definition) is 5. The Hall–Kier alpha value is -7.97. The van der Waals surface area contributed by atoms with E-state index >= 15 is 0 Å². The summed E-state index contributed by atoms with van der Waals surface area (Å²) in [4.78, 5) is 16.8. The summed E-state index contributed by atoms with van der Waals surface area (Å²) in [7, 11) is 0. The summed E-state index contributed by atoms with van der Waals surface area (Å²) in [5.41, 5.74) is 11.8. The van der Waals surface area contributed by atoms with E-state index in [1.165, 1.54) is 61.9 Å². The zero-order valence-corrected chi connectivity index (χ0v) is 37.6. The third-order valence-corrected chi connectivity index (χ3v) is 15.8. The maximum absolute atomic E-state index is 5.76. The van der Waals surface area contributed by atoms with Gasteiger partial charge in [0.2, 0.25) is 0 Å². The third-order valence-electron chi connectivity index (χ3n) is 13.4. The predicted octanol–water partition coefficient (Wildman–Crippen LogP) is 16.4. The second-order valence-electron chi connectivity index (χ2n) is 17.2. The Bertz CT molecular complexity index is 3960. The Morgan fingerprint density at radius 3 is 1.08 bits per heavy atom. The quantitative estimate of drug-likeness (QED) is 0.173. The van der Waals surface area contributed by atoms with Crippen molar-refractivity contribution in [2.45, 2.75) is 13.8 Å². The molecule has 0 N–H and O–H groups in total. The minimum atomic E-state index is 0.628. The molecule has 0 aliphatic rings. The predicted molar refractivity (Wildman–Crippen MR) is 280 cm³/mol. The normalized spacial score (nSPS) is 12.1. The summed E-state index contributed by atoms with van der Waals surface area (Å²) < 4.78 is 9.81. The molecule has 0 aliphatic carbocycles. The van der Waals surface area contributed by atoms with Crippen molar-refractivity contribution < 1.29 is 0 Å². The molecule has 7 heteroatoms. The van der Waals surface area contributed by atoms with E-state index in [9.17, 15) is 0 Å². The summed E-state index contributed by atoms with van der Waals surface area (Å²) in [6, 6.07) is 67.7. The van der Waals surface area contributed by atoms with Gasteiger partial charge in [-0.25, -0.2) is 15.0 Å². The number of hydrogen-bond donors (Lipinski definition) is 0. The third kappa shape index (κ3) is 5.35. The highest BCUT2D eigenvalue weighted by Crippen LogP contribution is 2.49. The molecule has 0 aliphatic heterocycles. The molecule has 0 spiro atoms. The Balaban J connectivity index is 1.16. The second kappa shape index (κ2) is 14.3. The zero-order chi connectivity index (χ0) is 43.6. The second-order valence-corrected chi connectivity index (χ2v) is 19.3. The molecule has 0 saturated carbocycles. The van der Waals surface area contributed by atoms with Crippen LogP contribution in [0.15, 0.2) is 188 Å². The van der Waals surface area contributed by atoms with Crippen LogP contribution in [0, 0.1) is 13.8 Å². The van der Waals surface area contributed by atoms with Gasteiger partial charge in [-0.2, -0.15) is 0 Å². The van der Waals surface area contributed by atoms with Gasteiger partial charge in [0.1, 0.15) is 0 Å². The van der Waals surface area contributed by atoms with Crippen LogP contribution in [0.4, 0.5) is 0 Å². The van der Waals surface area contributed by atoms with E-state index in [0.29, 0.717) is 17.5 Å². The maximum atomic E-state index is 5.76. The van der Waals surface area contributed by atoms with Gasteiger partial charge in [-0.1, -0.05) is 140 Å². The largest absolute Gasteiger partial charge is 0.307 e. The van der Waals surface area contributed by atoms with Gasteiger partial charge >= 0.3 is 0 Å². The molecule has 0 bridgehead atoms. The molecule has 5 heterocycles. The number of para-hydroxylation sites is 4. The van der Waals surface area contributed by atoms with Gasteiger partial charge in [0.05, 0.1) is 42.8 Å². The smallest absolute Gasteiger partial charge is 0.166 e. The molecule has 0 unspecified atom stereocenters. The molecule has 310 valence electrons. The van der Waals surface area contributed by atoms with Crippen LogP contribution in [0.3, 0.4) is 0 Å². The Morgan fingerprint density at radius 2 is 0.667 bits per heavy atom. The van der Waals surface area contributed by atoms with Crippen LogP contribution in [-0.4, -0.2) is 24.1 Å². The van der Waals surface area contributed by atoms with E-state index in [-0.39, 0.29) is 0 Å². The van der Waals surface area contributed by atoms with Crippen LogP contribution in [0.25, 0.3) is 129 Å². The van der Waals surface area contributed by atoms with Crippen LogP contribution in [0.5, 0.6) is 0 Å². The SMILES string of the molecule is Cc1cc2c(sc3ccccc32)c(-n2c3ccccc3c3ccccc32)c1-c1nc(-c2ccccc2)nc(-c2c(C)cc3c(sc4ccccc43)c2-n2c3ccccc3c3ccccc32)n1. The van der Waals surface area contributed by atoms with Crippen LogP contribution < -0.4 is 0 Å². The fraction of sp³-hybridized carbons (Fsp3) is 0.0339. The molecule has 0 atom stereocenters. The lowest BCUT2D eigenvalue weighted by Gasteiger charge is -2.20. The van der Waals surface area contributed by atoms with Crippen molar-refractivity contribution in [1.29, 1.82) is 0 Å². The Labute approximate surface area is 387 Å². The number of aromatic nitrogens is 5. The lowest BCUT2D eigenvalue weighted by molar-refractivity contribution is 1.05. The molecular weight excluding hydrogens is 843 g/mol. The number of rotatable bonds is 5. The lowest BCUT2D eigenvalue weighted by Crippen LogP contribution is -2.07. The fourth-order valence-electron chi connectivity index (χ4n) is 10.6. The Morgan fingerprint density at radius 1 is 0.333 bits per heavy atom. The van der Waals surface area contributed by atoms with Crippen molar-refractivity contribution in [3.05, 3.63) is 199 Å². The van der Waals surface area contributed by atoms with Crippen LogP contribution >= 0.6 is 22.7 Å². The summed E-state index contributed by atoms with van der Waals surface area (Å²) in [6.07, 6.45) is 0. The molecule has 0 fully saturated rings. The van der Waals surface area contributed by atoms with E-state index in [1.54, 1.807) is 0 Å². The summed E-state index contributed by atoms with van der Waals surface area (Å²) >= 11 is 3.67. The van der Waals surface area contributed by atoms with Crippen LogP contribution in [0.1, 0.15) is 11.1 Å². The lowest BCUT2D eigenvalue weighted by atomic mass is 9.99. The molecule has 14 aromatic rings. The van der Waals surface area contributed by atoms with Crippen molar-refractivity contribution in [3.63, 3.8) is 0 Å². The monoisotopic (exact) mass is 879 g/mol. The van der Waals surface area contributed by atoms with E-state index in [1.807, 2.05) is 28.7 Å². The molecule has 5 nitrogen and oxygen atoms in total. The van der Waals surface area contributed by atoms with Gasteiger partial charge in [0, 0.05) is 69.2 Å². The van der Waals surface area contributed by atoms with E-state index in [4.69, 9.17) is 15.0 Å². The fourth-order valence-corrected chi connectivity index (χ4v) is 13.0. The van der Waals surface area contributed by atoms with Gasteiger partial charge in [0.15, 0.2) is 17.5 Å². The first-order chi connectivity index (χ1) is 32.6. The Kier molecular flexibility index (Phi) is 8.09. The molecular formula is C59H37N5S2. The number of fused-ring (bicyclic) bond motifs is 12. The highest BCUT2D eigenvalue weighted by molar-refractivity contribution is 7.26. The topological polar surface area (TPSA) is 48.5 Å². The highest BCUT2D eigenvalue weighted by Gasteiger charge is 2.28. The molecule has 66 heavy (non-hydrogen) atoms. The van der Waals surface area contributed by atoms with Crippen molar-refractivity contribution in [3.8, 4) is 45.5 Å². The summed E-state index contributed by atoms with van der Waals surface area (Å²) in [6.45, 7) is 4.45. The van der Waals surface area contributed by atoms with Crippen molar-refractivity contribution in [1.82, 2.24) is 24.1 Å². The average molecular weight is 880 g/mol. The summed E-state index contributed by atoms with van der Waals surface area (Å²) in [5.74, 6) is 1.90. The first kappa shape index (κ1) is 37.4. The number of aryl methyl sites for hydroxylation is 2. The minimum Gasteiger partial charge on any atom is -0.307 e. The van der Waals surface area contributed by atoms with Crippen molar-refractivity contribution in [2.24, 2.45) is 0 Å². The average Bonchev–Trinajstić information content (AvgIpc) is 4.11. The van der Waals surface area contributed by atoms with Crippen molar-refractivity contribution >= 4 is 107 Å². The van der Waals surface area contributed by atoms with Crippen LogP contribution in [-0.2, 0) is 0 Å². The molecule has 9 aromatic carbocycles. The number of nitrogens with zero attached hydrogens (tertiary/aromatic N) is 5. The zero-order valence-electron chi connectivity index (χ0n) is 36.0. The first-order valence-electron chi connectivity index (χ1n) is 22.3.